The minimum atomic E-state index is -0.631. The molecular weight excluding hydrogens is 434 g/mol. The van der Waals surface area contributed by atoms with E-state index in [1.54, 1.807) is 23.3 Å². The Morgan fingerprint density at radius 1 is 1.36 bits per heavy atom. The molecule has 1 aromatic carbocycles. The number of nitrogens with zero attached hydrogens (tertiary/aromatic N) is 2. The first-order chi connectivity index (χ1) is 15.7. The normalized spacial score (nSPS) is 30.6. The lowest BCUT2D eigenvalue weighted by Crippen LogP contribution is -2.57. The van der Waals surface area contributed by atoms with Crippen LogP contribution in [0.25, 0.3) is 0 Å². The molecule has 0 aliphatic heterocycles. The molecule has 176 valence electrons. The van der Waals surface area contributed by atoms with Gasteiger partial charge < -0.3 is 20.4 Å². The molecule has 0 bridgehead atoms. The van der Waals surface area contributed by atoms with Gasteiger partial charge in [-0.3, -0.25) is 4.79 Å². The van der Waals surface area contributed by atoms with Crippen LogP contribution in [-0.2, 0) is 11.2 Å². The summed E-state index contributed by atoms with van der Waals surface area (Å²) in [4.78, 5) is 20.8. The Morgan fingerprint density at radius 3 is 2.76 bits per heavy atom. The number of benzene rings is 1. The van der Waals surface area contributed by atoms with Crippen LogP contribution in [0.2, 0.25) is 0 Å². The molecule has 5 atom stereocenters. The Labute approximate surface area is 200 Å². The lowest BCUT2D eigenvalue weighted by atomic mass is 9.47. The van der Waals surface area contributed by atoms with Crippen molar-refractivity contribution in [3.63, 3.8) is 0 Å². The van der Waals surface area contributed by atoms with Crippen molar-refractivity contribution in [3.8, 4) is 12.3 Å². The Hall–Kier alpha value is -2.40. The number of para-hydroxylation sites is 1. The lowest BCUT2D eigenvalue weighted by Gasteiger charge is -2.58. The molecule has 33 heavy (non-hydrogen) atoms. The minimum absolute atomic E-state index is 0.00633. The van der Waals surface area contributed by atoms with Gasteiger partial charge in [0.2, 0.25) is 5.91 Å². The largest absolute Gasteiger partial charge is 0.396 e. The van der Waals surface area contributed by atoms with Crippen LogP contribution in [-0.4, -0.2) is 52.3 Å². The van der Waals surface area contributed by atoms with Crippen molar-refractivity contribution in [2.45, 2.75) is 51.6 Å². The van der Waals surface area contributed by atoms with E-state index in [-0.39, 0.29) is 36.3 Å². The van der Waals surface area contributed by atoms with E-state index in [9.17, 15) is 15.0 Å². The zero-order valence-corrected chi connectivity index (χ0v) is 20.4. The molecule has 2 aromatic rings. The number of amides is 1. The number of thiazole rings is 1. The number of carbonyl (C=O) groups is 1. The molecule has 0 saturated heterocycles. The van der Waals surface area contributed by atoms with Crippen LogP contribution in [0.1, 0.15) is 49.6 Å². The highest BCUT2D eigenvalue weighted by Gasteiger charge is 2.59. The number of carbonyl (C=O) groups excluding carboxylic acids is 1. The number of aliphatic hydroxyl groups excluding tert-OH is 2. The van der Waals surface area contributed by atoms with Gasteiger partial charge in [-0.25, -0.2) is 4.98 Å². The van der Waals surface area contributed by atoms with Crippen molar-refractivity contribution >= 4 is 28.1 Å². The monoisotopic (exact) mass is 467 g/mol. The fraction of sp³-hybridized carbons (Fsp3) is 0.538. The molecule has 0 spiro atoms. The molecule has 3 N–H and O–H groups in total. The predicted molar refractivity (Wildman–Crippen MR) is 131 cm³/mol. The summed E-state index contributed by atoms with van der Waals surface area (Å²) in [5, 5.41) is 25.4. The Morgan fingerprint density at radius 2 is 2.09 bits per heavy atom. The predicted octanol–water partition coefficient (Wildman–Crippen LogP) is 3.78. The van der Waals surface area contributed by atoms with E-state index < -0.39 is 11.5 Å². The number of hydrogen-bond donors (Lipinski definition) is 3. The topological polar surface area (TPSA) is 85.7 Å². The first-order valence-corrected chi connectivity index (χ1v) is 12.3. The summed E-state index contributed by atoms with van der Waals surface area (Å²) < 4.78 is 0. The van der Waals surface area contributed by atoms with Crippen LogP contribution in [0, 0.1) is 29.1 Å². The summed E-state index contributed by atoms with van der Waals surface area (Å²) in [7, 11) is 1.73. The van der Waals surface area contributed by atoms with E-state index in [0.29, 0.717) is 12.8 Å². The van der Waals surface area contributed by atoms with Crippen molar-refractivity contribution < 1.29 is 15.0 Å². The molecule has 2 aliphatic carbocycles. The van der Waals surface area contributed by atoms with Crippen molar-refractivity contribution in [1.82, 2.24) is 9.88 Å². The van der Waals surface area contributed by atoms with Gasteiger partial charge >= 0.3 is 0 Å². The van der Waals surface area contributed by atoms with E-state index >= 15 is 0 Å². The number of nitrogens with one attached hydrogen (secondary N) is 1. The number of aromatic nitrogens is 1. The van der Waals surface area contributed by atoms with Crippen LogP contribution >= 0.6 is 11.3 Å². The summed E-state index contributed by atoms with van der Waals surface area (Å²) in [6, 6.07) is 9.91. The number of hydrogen-bond acceptors (Lipinski definition) is 6. The molecule has 1 aromatic heterocycles. The Balaban J connectivity index is 1.75. The molecule has 1 amide bonds. The third-order valence-electron chi connectivity index (χ3n) is 8.05. The zero-order chi connectivity index (χ0) is 23.8. The molecule has 1 fully saturated rings. The third-order valence-corrected chi connectivity index (χ3v) is 9.06. The van der Waals surface area contributed by atoms with Gasteiger partial charge in [-0.05, 0) is 42.7 Å². The van der Waals surface area contributed by atoms with Crippen LogP contribution in [0.3, 0.4) is 0 Å². The fourth-order valence-electron chi connectivity index (χ4n) is 5.90. The quantitative estimate of drug-likeness (QED) is 0.563. The first-order valence-electron chi connectivity index (χ1n) is 11.5. The fourth-order valence-corrected chi connectivity index (χ4v) is 6.99. The summed E-state index contributed by atoms with van der Waals surface area (Å²) in [5.41, 5.74) is 1.03. The highest BCUT2D eigenvalue weighted by atomic mass is 32.1. The maximum Gasteiger partial charge on any atom is 0.223 e. The van der Waals surface area contributed by atoms with Crippen molar-refractivity contribution in [2.75, 3.05) is 25.5 Å². The highest BCUT2D eigenvalue weighted by molar-refractivity contribution is 7.15. The van der Waals surface area contributed by atoms with Crippen molar-refractivity contribution in [2.24, 2.45) is 16.7 Å². The van der Waals surface area contributed by atoms with Crippen molar-refractivity contribution in [1.29, 1.82) is 0 Å². The van der Waals surface area contributed by atoms with Crippen LogP contribution in [0.15, 0.2) is 30.3 Å². The summed E-state index contributed by atoms with van der Waals surface area (Å²) >= 11 is 1.60. The van der Waals surface area contributed by atoms with Gasteiger partial charge in [-0.1, -0.05) is 38.0 Å². The standard InChI is InChI=1S/C26H33N3O3S/c1-5-13-29(4)22(32)14-18-23-19(33-24(28-23)27-17-9-7-6-8-10-17)15-20-25(18,2)12-11-21(31)26(20,3)16-30/h1,6-10,18,20-21,30-31H,11-16H2,2-4H3,(H,27,28)/t18-,20+,21-,25+,26+/m1/s1. The number of aliphatic hydroxyl groups is 2. The molecule has 1 saturated carbocycles. The molecule has 4 rings (SSSR count). The molecule has 0 radical (unpaired) electrons. The maximum atomic E-state index is 13.1. The zero-order valence-electron chi connectivity index (χ0n) is 19.5. The Kier molecular flexibility index (Phi) is 6.54. The molecular formula is C26H33N3O3S. The SMILES string of the molecule is C#CCN(C)C(=O)C[C@@H]1c2nc(Nc3ccccc3)sc2C[C@@H]2[C@](C)(CO)[C@H](O)CC[C@]21C. The summed E-state index contributed by atoms with van der Waals surface area (Å²) in [6.45, 7) is 4.38. The molecule has 1 heterocycles. The molecule has 0 unspecified atom stereocenters. The smallest absolute Gasteiger partial charge is 0.223 e. The van der Waals surface area contributed by atoms with E-state index in [2.05, 4.69) is 18.2 Å². The molecule has 7 heteroatoms. The van der Waals surface area contributed by atoms with Gasteiger partial charge in [-0.2, -0.15) is 0 Å². The van der Waals surface area contributed by atoms with Gasteiger partial charge in [0.15, 0.2) is 5.13 Å². The van der Waals surface area contributed by atoms with E-state index in [0.717, 1.165) is 34.2 Å². The minimum Gasteiger partial charge on any atom is -0.396 e. The van der Waals surface area contributed by atoms with Gasteiger partial charge in [0.05, 0.1) is 24.9 Å². The summed E-state index contributed by atoms with van der Waals surface area (Å²) in [5.74, 6) is 2.46. The Bertz CT molecular complexity index is 1050. The second-order valence-electron chi connectivity index (χ2n) is 10.0. The van der Waals surface area contributed by atoms with E-state index in [1.165, 1.54) is 0 Å². The molecule has 2 aliphatic rings. The lowest BCUT2D eigenvalue weighted by molar-refractivity contribution is -0.146. The number of rotatable bonds is 6. The van der Waals surface area contributed by atoms with E-state index in [4.69, 9.17) is 11.4 Å². The van der Waals surface area contributed by atoms with Crippen LogP contribution < -0.4 is 5.32 Å². The number of fused-ring (bicyclic) bond motifs is 2. The van der Waals surface area contributed by atoms with Gasteiger partial charge in [-0.15, -0.1) is 17.8 Å². The summed E-state index contributed by atoms with van der Waals surface area (Å²) in [6.07, 6.45) is 7.29. The number of terminal acetylenes is 1. The average Bonchev–Trinajstić information content (AvgIpc) is 3.20. The van der Waals surface area contributed by atoms with Gasteiger partial charge in [0.25, 0.3) is 0 Å². The van der Waals surface area contributed by atoms with Crippen LogP contribution in [0.4, 0.5) is 10.8 Å². The van der Waals surface area contributed by atoms with Crippen molar-refractivity contribution in [3.05, 3.63) is 40.9 Å². The first kappa shape index (κ1) is 23.7. The second kappa shape index (κ2) is 9.09. The van der Waals surface area contributed by atoms with Gasteiger partial charge in [0, 0.05) is 35.4 Å². The average molecular weight is 468 g/mol. The second-order valence-corrected chi connectivity index (χ2v) is 11.1. The van der Waals surface area contributed by atoms with Crippen LogP contribution in [0.5, 0.6) is 0 Å². The van der Waals surface area contributed by atoms with E-state index in [1.807, 2.05) is 37.3 Å². The third kappa shape index (κ3) is 4.16. The maximum absolute atomic E-state index is 13.1. The van der Waals surface area contributed by atoms with Gasteiger partial charge in [0.1, 0.15) is 0 Å². The highest BCUT2D eigenvalue weighted by Crippen LogP contribution is 2.63. The number of anilines is 2. The molecule has 6 nitrogen and oxygen atoms in total.